The molecule has 1 aliphatic carbocycles. The first-order chi connectivity index (χ1) is 9.64. The van der Waals surface area contributed by atoms with Crippen LogP contribution in [0.15, 0.2) is 0 Å². The SMILES string of the molecule is CCOC(=O)C1(C(=O)OCC)CC(N2CCCCC2)C1. The van der Waals surface area contributed by atoms with Gasteiger partial charge in [0.25, 0.3) is 0 Å². The third-order valence-electron chi connectivity index (χ3n) is 4.41. The fraction of sp³-hybridized carbons (Fsp3) is 0.867. The van der Waals surface area contributed by atoms with E-state index in [4.69, 9.17) is 9.47 Å². The Morgan fingerprint density at radius 1 is 1.00 bits per heavy atom. The van der Waals surface area contributed by atoms with Crippen LogP contribution in [0.5, 0.6) is 0 Å². The van der Waals surface area contributed by atoms with Crippen LogP contribution in [0.1, 0.15) is 46.0 Å². The highest BCUT2D eigenvalue weighted by Gasteiger charge is 2.59. The van der Waals surface area contributed by atoms with E-state index in [0.29, 0.717) is 32.1 Å². The number of piperidine rings is 1. The van der Waals surface area contributed by atoms with Gasteiger partial charge < -0.3 is 14.4 Å². The summed E-state index contributed by atoms with van der Waals surface area (Å²) in [6.07, 6.45) is 4.80. The number of nitrogens with zero attached hydrogens (tertiary/aromatic N) is 1. The van der Waals surface area contributed by atoms with Crippen molar-refractivity contribution < 1.29 is 19.1 Å². The van der Waals surface area contributed by atoms with Gasteiger partial charge in [0.2, 0.25) is 0 Å². The Labute approximate surface area is 120 Å². The molecular formula is C15H25NO4. The molecule has 0 radical (unpaired) electrons. The molecule has 2 rings (SSSR count). The van der Waals surface area contributed by atoms with E-state index < -0.39 is 17.4 Å². The number of rotatable bonds is 5. The third kappa shape index (κ3) is 2.82. The maximum absolute atomic E-state index is 12.2. The van der Waals surface area contributed by atoms with Crippen molar-refractivity contribution in [3.05, 3.63) is 0 Å². The lowest BCUT2D eigenvalue weighted by molar-refractivity contribution is -0.184. The maximum atomic E-state index is 12.2. The summed E-state index contributed by atoms with van der Waals surface area (Å²) in [5.41, 5.74) is -1.05. The lowest BCUT2D eigenvalue weighted by Crippen LogP contribution is -2.59. The largest absolute Gasteiger partial charge is 0.465 e. The molecule has 1 saturated heterocycles. The van der Waals surface area contributed by atoms with Crippen LogP contribution in [0.4, 0.5) is 0 Å². The number of carbonyl (C=O) groups is 2. The number of carbonyl (C=O) groups excluding carboxylic acids is 2. The van der Waals surface area contributed by atoms with Crippen LogP contribution in [-0.4, -0.2) is 49.2 Å². The summed E-state index contributed by atoms with van der Waals surface area (Å²) in [5, 5.41) is 0. The minimum Gasteiger partial charge on any atom is -0.465 e. The third-order valence-corrected chi connectivity index (χ3v) is 4.41. The predicted molar refractivity (Wildman–Crippen MR) is 74.1 cm³/mol. The Morgan fingerprint density at radius 3 is 1.95 bits per heavy atom. The van der Waals surface area contributed by atoms with Crippen LogP contribution in [0.25, 0.3) is 0 Å². The summed E-state index contributed by atoms with van der Waals surface area (Å²) in [7, 11) is 0. The van der Waals surface area contributed by atoms with Gasteiger partial charge in [0.1, 0.15) is 0 Å². The van der Waals surface area contributed by atoms with Gasteiger partial charge in [0, 0.05) is 6.04 Å². The van der Waals surface area contributed by atoms with E-state index in [2.05, 4.69) is 4.90 Å². The Morgan fingerprint density at radius 2 is 1.50 bits per heavy atom. The van der Waals surface area contributed by atoms with Crippen molar-refractivity contribution >= 4 is 11.9 Å². The molecule has 114 valence electrons. The zero-order valence-corrected chi connectivity index (χ0v) is 12.5. The molecule has 2 aliphatic rings. The molecule has 0 spiro atoms. The molecule has 0 atom stereocenters. The highest BCUT2D eigenvalue weighted by atomic mass is 16.6. The molecule has 0 aromatic heterocycles. The van der Waals surface area contributed by atoms with E-state index in [1.807, 2.05) is 0 Å². The van der Waals surface area contributed by atoms with E-state index in [9.17, 15) is 9.59 Å². The maximum Gasteiger partial charge on any atom is 0.323 e. The molecule has 1 saturated carbocycles. The highest BCUT2D eigenvalue weighted by Crippen LogP contribution is 2.46. The van der Waals surface area contributed by atoms with Gasteiger partial charge in [-0.25, -0.2) is 0 Å². The Bertz CT molecular complexity index is 337. The molecule has 0 bridgehead atoms. The van der Waals surface area contributed by atoms with Gasteiger partial charge in [-0.15, -0.1) is 0 Å². The van der Waals surface area contributed by atoms with Crippen LogP contribution in [-0.2, 0) is 19.1 Å². The van der Waals surface area contributed by atoms with Crippen molar-refractivity contribution in [1.29, 1.82) is 0 Å². The van der Waals surface area contributed by atoms with Gasteiger partial charge in [-0.3, -0.25) is 9.59 Å². The summed E-state index contributed by atoms with van der Waals surface area (Å²) < 4.78 is 10.2. The van der Waals surface area contributed by atoms with Gasteiger partial charge in [-0.2, -0.15) is 0 Å². The van der Waals surface area contributed by atoms with Crippen molar-refractivity contribution in [2.75, 3.05) is 26.3 Å². The quantitative estimate of drug-likeness (QED) is 0.568. The summed E-state index contributed by atoms with van der Waals surface area (Å²) in [4.78, 5) is 26.7. The van der Waals surface area contributed by atoms with E-state index in [0.717, 1.165) is 13.1 Å². The molecular weight excluding hydrogens is 258 g/mol. The van der Waals surface area contributed by atoms with Gasteiger partial charge in [0.15, 0.2) is 5.41 Å². The topological polar surface area (TPSA) is 55.8 Å². The fourth-order valence-corrected chi connectivity index (χ4v) is 3.24. The van der Waals surface area contributed by atoms with Crippen molar-refractivity contribution in [2.24, 2.45) is 5.41 Å². The first kappa shape index (κ1) is 15.3. The number of likely N-dealkylation sites (tertiary alicyclic amines) is 1. The molecule has 0 unspecified atom stereocenters. The molecule has 0 aromatic carbocycles. The molecule has 1 heterocycles. The monoisotopic (exact) mass is 283 g/mol. The van der Waals surface area contributed by atoms with Gasteiger partial charge in [0.05, 0.1) is 13.2 Å². The fourth-order valence-electron chi connectivity index (χ4n) is 3.24. The van der Waals surface area contributed by atoms with Crippen LogP contribution in [0.3, 0.4) is 0 Å². The minimum atomic E-state index is -1.05. The molecule has 0 aromatic rings. The van der Waals surface area contributed by atoms with E-state index in [-0.39, 0.29) is 0 Å². The highest BCUT2D eigenvalue weighted by molar-refractivity contribution is 6.01. The van der Waals surface area contributed by atoms with Gasteiger partial charge in [-0.1, -0.05) is 6.42 Å². The van der Waals surface area contributed by atoms with E-state index in [1.54, 1.807) is 13.8 Å². The smallest absolute Gasteiger partial charge is 0.323 e. The predicted octanol–water partition coefficient (Wildman–Crippen LogP) is 1.75. The van der Waals surface area contributed by atoms with Gasteiger partial charge >= 0.3 is 11.9 Å². The summed E-state index contributed by atoms with van der Waals surface area (Å²) >= 11 is 0. The van der Waals surface area contributed by atoms with E-state index >= 15 is 0 Å². The van der Waals surface area contributed by atoms with Crippen LogP contribution in [0, 0.1) is 5.41 Å². The summed E-state index contributed by atoms with van der Waals surface area (Å²) in [6.45, 7) is 6.27. The zero-order chi connectivity index (χ0) is 14.6. The first-order valence-electron chi connectivity index (χ1n) is 7.72. The molecule has 5 nitrogen and oxygen atoms in total. The zero-order valence-electron chi connectivity index (χ0n) is 12.5. The second-order valence-electron chi connectivity index (χ2n) is 5.68. The summed E-state index contributed by atoms with van der Waals surface area (Å²) in [5.74, 6) is -0.821. The molecule has 5 heteroatoms. The minimum absolute atomic E-state index is 0.300. The number of hydrogen-bond acceptors (Lipinski definition) is 5. The van der Waals surface area contributed by atoms with Crippen LogP contribution >= 0.6 is 0 Å². The standard InChI is InChI=1S/C15H25NO4/c1-3-19-13(17)15(14(18)20-4-2)10-12(11-15)16-8-6-5-7-9-16/h12H,3-11H2,1-2H3. The van der Waals surface area contributed by atoms with Crippen molar-refractivity contribution in [3.8, 4) is 0 Å². The summed E-state index contributed by atoms with van der Waals surface area (Å²) in [6, 6.07) is 0.323. The average Bonchev–Trinajstić information content (AvgIpc) is 2.39. The van der Waals surface area contributed by atoms with Crippen molar-refractivity contribution in [2.45, 2.75) is 52.0 Å². The van der Waals surface area contributed by atoms with E-state index in [1.165, 1.54) is 19.3 Å². The lowest BCUT2D eigenvalue weighted by atomic mass is 9.64. The molecule has 2 fully saturated rings. The average molecular weight is 283 g/mol. The number of ether oxygens (including phenoxy) is 2. The lowest BCUT2D eigenvalue weighted by Gasteiger charge is -2.49. The Hall–Kier alpha value is -1.10. The van der Waals surface area contributed by atoms with Crippen molar-refractivity contribution in [3.63, 3.8) is 0 Å². The van der Waals surface area contributed by atoms with Crippen LogP contribution < -0.4 is 0 Å². The molecule has 0 N–H and O–H groups in total. The van der Waals surface area contributed by atoms with Gasteiger partial charge in [-0.05, 0) is 52.6 Å². The first-order valence-corrected chi connectivity index (χ1v) is 7.72. The molecule has 20 heavy (non-hydrogen) atoms. The normalized spacial score (nSPS) is 22.9. The number of hydrogen-bond donors (Lipinski definition) is 0. The Kier molecular flexibility index (Phi) is 5.02. The Balaban J connectivity index is 2.00. The second kappa shape index (κ2) is 6.57. The second-order valence-corrected chi connectivity index (χ2v) is 5.68. The molecule has 1 aliphatic heterocycles. The van der Waals surface area contributed by atoms with Crippen molar-refractivity contribution in [1.82, 2.24) is 4.90 Å². The molecule has 0 amide bonds. The van der Waals surface area contributed by atoms with Crippen LogP contribution in [0.2, 0.25) is 0 Å². The number of esters is 2.